The largest absolute Gasteiger partial charge is 0.493 e. The third-order valence-electron chi connectivity index (χ3n) is 1.54. The molecule has 14 heavy (non-hydrogen) atoms. The number of nitrogens with zero attached hydrogens (tertiary/aromatic N) is 1. The lowest BCUT2D eigenvalue weighted by Crippen LogP contribution is -1.99. The Morgan fingerprint density at radius 2 is 2.36 bits per heavy atom. The molecule has 0 spiro atoms. The molecule has 0 fully saturated rings. The molecule has 0 aliphatic rings. The maximum Gasteiger partial charge on any atom is 0.126 e. The van der Waals surface area contributed by atoms with Crippen molar-refractivity contribution in [3.05, 3.63) is 30.1 Å². The normalized spacial score (nSPS) is 9.21. The summed E-state index contributed by atoms with van der Waals surface area (Å²) in [6.07, 6.45) is 0.750. The summed E-state index contributed by atoms with van der Waals surface area (Å²) in [5, 5.41) is 2.27. The molecule has 0 aromatic heterocycles. The lowest BCUT2D eigenvalue weighted by molar-refractivity contribution is 0.312. The average Bonchev–Trinajstić information content (AvgIpc) is 2.18. The van der Waals surface area contributed by atoms with E-state index in [-0.39, 0.29) is 5.82 Å². The van der Waals surface area contributed by atoms with Crippen LogP contribution >= 0.6 is 12.2 Å². The minimum atomic E-state index is -0.292. The van der Waals surface area contributed by atoms with Crippen molar-refractivity contribution in [1.82, 2.24) is 0 Å². The van der Waals surface area contributed by atoms with Crippen LogP contribution in [0.15, 0.2) is 29.3 Å². The van der Waals surface area contributed by atoms with Crippen LogP contribution in [0.4, 0.5) is 4.39 Å². The zero-order valence-electron chi connectivity index (χ0n) is 7.57. The smallest absolute Gasteiger partial charge is 0.126 e. The summed E-state index contributed by atoms with van der Waals surface area (Å²) in [7, 11) is 0. The minimum absolute atomic E-state index is 0.292. The summed E-state index contributed by atoms with van der Waals surface area (Å²) in [5.74, 6) is 0.246. The van der Waals surface area contributed by atoms with E-state index in [0.29, 0.717) is 18.9 Å². The van der Waals surface area contributed by atoms with Crippen molar-refractivity contribution in [3.63, 3.8) is 0 Å². The lowest BCUT2D eigenvalue weighted by atomic mass is 10.3. The van der Waals surface area contributed by atoms with Gasteiger partial charge in [0, 0.05) is 12.5 Å². The predicted octanol–water partition coefficient (Wildman–Crippen LogP) is 2.70. The van der Waals surface area contributed by atoms with Crippen LogP contribution in [0.1, 0.15) is 6.42 Å². The molecule has 0 bridgehead atoms. The van der Waals surface area contributed by atoms with E-state index in [4.69, 9.17) is 4.74 Å². The third kappa shape index (κ3) is 4.12. The Morgan fingerprint density at radius 1 is 1.50 bits per heavy atom. The number of ether oxygens (including phenoxy) is 1. The van der Waals surface area contributed by atoms with Crippen LogP contribution in [0.2, 0.25) is 0 Å². The van der Waals surface area contributed by atoms with Crippen molar-refractivity contribution >= 4 is 17.4 Å². The second-order valence-electron chi connectivity index (χ2n) is 2.63. The summed E-state index contributed by atoms with van der Waals surface area (Å²) in [5.41, 5.74) is 0. The molecule has 0 aliphatic carbocycles. The quantitative estimate of drug-likeness (QED) is 0.424. The van der Waals surface area contributed by atoms with Crippen LogP contribution in [0.25, 0.3) is 0 Å². The molecule has 0 heterocycles. The van der Waals surface area contributed by atoms with Gasteiger partial charge < -0.3 is 4.74 Å². The van der Waals surface area contributed by atoms with E-state index in [0.717, 1.165) is 6.42 Å². The Morgan fingerprint density at radius 3 is 3.07 bits per heavy atom. The Hall–Kier alpha value is -1.25. The molecule has 0 N–H and O–H groups in total. The van der Waals surface area contributed by atoms with E-state index >= 15 is 0 Å². The van der Waals surface area contributed by atoms with Gasteiger partial charge >= 0.3 is 0 Å². The highest BCUT2D eigenvalue weighted by molar-refractivity contribution is 7.78. The molecule has 74 valence electrons. The van der Waals surface area contributed by atoms with Gasteiger partial charge in [-0.05, 0) is 24.4 Å². The van der Waals surface area contributed by atoms with Crippen molar-refractivity contribution in [3.8, 4) is 5.75 Å². The second kappa shape index (κ2) is 6.24. The number of thiocarbonyl (C=S) groups is 1. The van der Waals surface area contributed by atoms with Crippen molar-refractivity contribution in [2.24, 2.45) is 4.99 Å². The molecular formula is C10H10FNOS. The van der Waals surface area contributed by atoms with Crippen molar-refractivity contribution in [1.29, 1.82) is 0 Å². The van der Waals surface area contributed by atoms with Crippen LogP contribution in [0, 0.1) is 5.82 Å². The van der Waals surface area contributed by atoms with Crippen LogP contribution in [-0.4, -0.2) is 18.3 Å². The van der Waals surface area contributed by atoms with Crippen LogP contribution in [0.3, 0.4) is 0 Å². The van der Waals surface area contributed by atoms with Gasteiger partial charge in [-0.1, -0.05) is 6.07 Å². The standard InChI is InChI=1S/C10H10FNOS/c11-9-3-1-4-10(7-9)13-6-2-5-12-8-14/h1,3-4,7H,2,5-6H2. The fourth-order valence-electron chi connectivity index (χ4n) is 0.936. The number of hydrogen-bond acceptors (Lipinski definition) is 3. The molecular weight excluding hydrogens is 201 g/mol. The summed E-state index contributed by atoms with van der Waals surface area (Å²) < 4.78 is 17.9. The van der Waals surface area contributed by atoms with E-state index in [9.17, 15) is 4.39 Å². The first-order valence-corrected chi connectivity index (χ1v) is 4.66. The van der Waals surface area contributed by atoms with Gasteiger partial charge in [-0.2, -0.15) is 0 Å². The molecule has 0 saturated carbocycles. The van der Waals surface area contributed by atoms with Crippen LogP contribution < -0.4 is 4.74 Å². The molecule has 0 amide bonds. The van der Waals surface area contributed by atoms with Crippen molar-refractivity contribution < 1.29 is 9.13 Å². The zero-order chi connectivity index (χ0) is 10.2. The van der Waals surface area contributed by atoms with Gasteiger partial charge in [0.1, 0.15) is 11.6 Å². The first kappa shape index (κ1) is 10.8. The van der Waals surface area contributed by atoms with E-state index in [1.54, 1.807) is 12.1 Å². The molecule has 1 aromatic carbocycles. The Kier molecular flexibility index (Phi) is 4.83. The van der Waals surface area contributed by atoms with Crippen LogP contribution in [-0.2, 0) is 0 Å². The van der Waals surface area contributed by atoms with E-state index < -0.39 is 0 Å². The summed E-state index contributed by atoms with van der Waals surface area (Å²) >= 11 is 4.41. The third-order valence-corrected chi connectivity index (χ3v) is 1.67. The molecule has 1 aromatic rings. The highest BCUT2D eigenvalue weighted by Crippen LogP contribution is 2.11. The van der Waals surface area contributed by atoms with Gasteiger partial charge in [0.25, 0.3) is 0 Å². The van der Waals surface area contributed by atoms with Gasteiger partial charge in [-0.15, -0.1) is 0 Å². The Balaban J connectivity index is 2.27. The fraction of sp³-hybridized carbons (Fsp3) is 0.300. The summed E-state index contributed by atoms with van der Waals surface area (Å²) in [6.45, 7) is 1.10. The van der Waals surface area contributed by atoms with Crippen molar-refractivity contribution in [2.45, 2.75) is 6.42 Å². The van der Waals surface area contributed by atoms with E-state index in [1.807, 2.05) is 0 Å². The number of halogens is 1. The first-order valence-electron chi connectivity index (χ1n) is 4.25. The fourth-order valence-corrected chi connectivity index (χ4v) is 1.03. The molecule has 4 heteroatoms. The molecule has 0 radical (unpaired) electrons. The highest BCUT2D eigenvalue weighted by Gasteiger charge is 1.94. The SMILES string of the molecule is Fc1cccc(OCCCN=C=S)c1. The highest BCUT2D eigenvalue weighted by atomic mass is 32.1. The number of aliphatic imine (C=N–C) groups is 1. The number of isothiocyanates is 1. The molecule has 0 saturated heterocycles. The zero-order valence-corrected chi connectivity index (χ0v) is 8.39. The number of hydrogen-bond donors (Lipinski definition) is 0. The molecule has 2 nitrogen and oxygen atoms in total. The molecule has 1 rings (SSSR count). The van der Waals surface area contributed by atoms with Gasteiger partial charge in [-0.3, -0.25) is 0 Å². The predicted molar refractivity (Wildman–Crippen MR) is 56.4 cm³/mol. The maximum atomic E-state index is 12.7. The van der Waals surface area contributed by atoms with Gasteiger partial charge in [0.2, 0.25) is 0 Å². The second-order valence-corrected chi connectivity index (χ2v) is 2.81. The van der Waals surface area contributed by atoms with E-state index in [1.165, 1.54) is 12.1 Å². The molecule has 0 atom stereocenters. The summed E-state index contributed by atoms with van der Waals surface area (Å²) in [6, 6.07) is 6.05. The van der Waals surface area contributed by atoms with E-state index in [2.05, 4.69) is 22.4 Å². The van der Waals surface area contributed by atoms with Crippen molar-refractivity contribution in [2.75, 3.05) is 13.2 Å². The number of rotatable bonds is 5. The molecule has 0 unspecified atom stereocenters. The summed E-state index contributed by atoms with van der Waals surface area (Å²) in [4.78, 5) is 3.73. The monoisotopic (exact) mass is 211 g/mol. The topological polar surface area (TPSA) is 21.6 Å². The van der Waals surface area contributed by atoms with Crippen LogP contribution in [0.5, 0.6) is 5.75 Å². The van der Waals surface area contributed by atoms with Gasteiger partial charge in [0.15, 0.2) is 0 Å². The Labute approximate surface area is 87.4 Å². The maximum absolute atomic E-state index is 12.7. The lowest BCUT2D eigenvalue weighted by Gasteiger charge is -2.03. The first-order chi connectivity index (χ1) is 6.83. The minimum Gasteiger partial charge on any atom is -0.493 e. The number of benzene rings is 1. The molecule has 0 aliphatic heterocycles. The Bertz CT molecular complexity index is 337. The van der Waals surface area contributed by atoms with Gasteiger partial charge in [-0.25, -0.2) is 9.38 Å². The average molecular weight is 211 g/mol. The van der Waals surface area contributed by atoms with Gasteiger partial charge in [0.05, 0.1) is 18.3 Å².